The molecule has 4 nitrogen and oxygen atoms in total. The largest absolute Gasteiger partial charge is 0.382 e. The first-order chi connectivity index (χ1) is 7.11. The van der Waals surface area contributed by atoms with Crippen molar-refractivity contribution in [2.75, 3.05) is 10.6 Å². The predicted octanol–water partition coefficient (Wildman–Crippen LogP) is 2.09. The van der Waals surface area contributed by atoms with Gasteiger partial charge >= 0.3 is 0 Å². The summed E-state index contributed by atoms with van der Waals surface area (Å²) in [5.41, 5.74) is 5.67. The van der Waals surface area contributed by atoms with E-state index in [1.807, 2.05) is 0 Å². The fourth-order valence-corrected chi connectivity index (χ4v) is 2.36. The Morgan fingerprint density at radius 1 is 1.33 bits per heavy atom. The standard InChI is InChI=1S/C10H15ClN4/c1-6-3-4-7(2)15(6)10-8(11)9(12)13-5-14-10/h5-7H,3-4H2,1-2H3,(H2,12,13,14)/t6-,7+. The molecule has 1 aliphatic heterocycles. The van der Waals surface area contributed by atoms with Crippen LogP contribution in [-0.4, -0.2) is 22.1 Å². The van der Waals surface area contributed by atoms with Crippen molar-refractivity contribution in [2.24, 2.45) is 0 Å². The molecule has 0 amide bonds. The Morgan fingerprint density at radius 3 is 2.53 bits per heavy atom. The van der Waals surface area contributed by atoms with Gasteiger partial charge in [-0.2, -0.15) is 0 Å². The summed E-state index contributed by atoms with van der Waals surface area (Å²) in [6.45, 7) is 4.36. The monoisotopic (exact) mass is 226 g/mol. The Bertz CT molecular complexity index is 358. The summed E-state index contributed by atoms with van der Waals surface area (Å²) in [5.74, 6) is 1.12. The van der Waals surface area contributed by atoms with Crippen LogP contribution in [0, 0.1) is 0 Å². The average molecular weight is 227 g/mol. The predicted molar refractivity (Wildman–Crippen MR) is 62.1 cm³/mol. The summed E-state index contributed by atoms with van der Waals surface area (Å²) in [7, 11) is 0. The number of aromatic nitrogens is 2. The molecule has 0 bridgehead atoms. The molecule has 0 spiro atoms. The van der Waals surface area contributed by atoms with E-state index in [1.54, 1.807) is 0 Å². The summed E-state index contributed by atoms with van der Waals surface area (Å²) >= 11 is 6.11. The Kier molecular flexibility index (Phi) is 2.69. The first kappa shape index (κ1) is 10.5. The van der Waals surface area contributed by atoms with Crippen LogP contribution in [0.4, 0.5) is 11.6 Å². The van der Waals surface area contributed by atoms with Crippen LogP contribution in [0.25, 0.3) is 0 Å². The molecule has 0 saturated carbocycles. The van der Waals surface area contributed by atoms with Crippen LogP contribution in [0.3, 0.4) is 0 Å². The van der Waals surface area contributed by atoms with Gasteiger partial charge in [0.15, 0.2) is 5.82 Å². The molecule has 1 fully saturated rings. The van der Waals surface area contributed by atoms with E-state index in [2.05, 4.69) is 28.7 Å². The van der Waals surface area contributed by atoms with Gasteiger partial charge in [0.2, 0.25) is 0 Å². The zero-order chi connectivity index (χ0) is 11.0. The highest BCUT2D eigenvalue weighted by atomic mass is 35.5. The van der Waals surface area contributed by atoms with Crippen molar-refractivity contribution in [3.63, 3.8) is 0 Å². The molecule has 2 rings (SSSR count). The van der Waals surface area contributed by atoms with E-state index in [0.717, 1.165) is 5.82 Å². The molecule has 1 aromatic heterocycles. The second kappa shape index (κ2) is 3.85. The highest BCUT2D eigenvalue weighted by molar-refractivity contribution is 6.35. The van der Waals surface area contributed by atoms with Crippen molar-refractivity contribution in [2.45, 2.75) is 38.8 Å². The molecule has 0 aliphatic carbocycles. The van der Waals surface area contributed by atoms with Gasteiger partial charge in [-0.3, -0.25) is 0 Å². The van der Waals surface area contributed by atoms with E-state index < -0.39 is 0 Å². The molecule has 82 valence electrons. The van der Waals surface area contributed by atoms with Gasteiger partial charge in [0.25, 0.3) is 0 Å². The van der Waals surface area contributed by atoms with Crippen molar-refractivity contribution in [3.05, 3.63) is 11.3 Å². The summed E-state index contributed by atoms with van der Waals surface area (Å²) in [4.78, 5) is 10.3. The Hall–Kier alpha value is -1.03. The molecule has 0 radical (unpaired) electrons. The molecule has 1 aromatic rings. The van der Waals surface area contributed by atoms with E-state index in [-0.39, 0.29) is 0 Å². The fourth-order valence-electron chi connectivity index (χ4n) is 2.17. The van der Waals surface area contributed by atoms with Crippen molar-refractivity contribution >= 4 is 23.2 Å². The van der Waals surface area contributed by atoms with Crippen molar-refractivity contribution in [3.8, 4) is 0 Å². The maximum atomic E-state index is 6.11. The molecule has 2 atom stereocenters. The number of nitrogens with zero attached hydrogens (tertiary/aromatic N) is 3. The van der Waals surface area contributed by atoms with Gasteiger partial charge in [-0.1, -0.05) is 11.6 Å². The molecule has 15 heavy (non-hydrogen) atoms. The minimum atomic E-state index is 0.355. The molecule has 1 aliphatic rings. The van der Waals surface area contributed by atoms with Crippen LogP contribution in [0.2, 0.25) is 5.02 Å². The van der Waals surface area contributed by atoms with Crippen molar-refractivity contribution < 1.29 is 0 Å². The summed E-state index contributed by atoms with van der Waals surface area (Å²) in [6, 6.07) is 0.929. The van der Waals surface area contributed by atoms with E-state index in [4.69, 9.17) is 17.3 Å². The van der Waals surface area contributed by atoms with E-state index in [1.165, 1.54) is 19.2 Å². The molecule has 5 heteroatoms. The van der Waals surface area contributed by atoms with Crippen LogP contribution in [0.5, 0.6) is 0 Å². The zero-order valence-electron chi connectivity index (χ0n) is 8.94. The SMILES string of the molecule is C[C@@H]1CC[C@H](C)N1c1ncnc(N)c1Cl. The van der Waals surface area contributed by atoms with E-state index >= 15 is 0 Å². The average Bonchev–Trinajstić information content (AvgIpc) is 2.52. The van der Waals surface area contributed by atoms with Gasteiger partial charge in [0.1, 0.15) is 17.2 Å². The number of hydrogen-bond donors (Lipinski definition) is 1. The number of hydrogen-bond acceptors (Lipinski definition) is 4. The second-order valence-electron chi connectivity index (χ2n) is 4.08. The quantitative estimate of drug-likeness (QED) is 0.797. The molecular weight excluding hydrogens is 212 g/mol. The minimum absolute atomic E-state index is 0.355. The number of anilines is 2. The van der Waals surface area contributed by atoms with Gasteiger partial charge in [0, 0.05) is 12.1 Å². The highest BCUT2D eigenvalue weighted by Gasteiger charge is 2.30. The van der Waals surface area contributed by atoms with Crippen molar-refractivity contribution in [1.82, 2.24) is 9.97 Å². The zero-order valence-corrected chi connectivity index (χ0v) is 9.70. The summed E-state index contributed by atoms with van der Waals surface area (Å²) < 4.78 is 0. The Labute approximate surface area is 94.5 Å². The fraction of sp³-hybridized carbons (Fsp3) is 0.600. The number of nitrogen functional groups attached to an aromatic ring is 1. The Morgan fingerprint density at radius 2 is 1.93 bits per heavy atom. The van der Waals surface area contributed by atoms with Gasteiger partial charge in [-0.25, -0.2) is 9.97 Å². The normalized spacial score (nSPS) is 25.9. The van der Waals surface area contributed by atoms with Crippen LogP contribution >= 0.6 is 11.6 Å². The lowest BCUT2D eigenvalue weighted by Gasteiger charge is -2.28. The maximum absolute atomic E-state index is 6.11. The van der Waals surface area contributed by atoms with E-state index in [9.17, 15) is 0 Å². The van der Waals surface area contributed by atoms with Gasteiger partial charge in [0.05, 0.1) is 0 Å². The smallest absolute Gasteiger partial charge is 0.153 e. The second-order valence-corrected chi connectivity index (χ2v) is 4.46. The lowest BCUT2D eigenvalue weighted by atomic mass is 10.2. The minimum Gasteiger partial charge on any atom is -0.382 e. The van der Waals surface area contributed by atoms with Crippen LogP contribution in [0.15, 0.2) is 6.33 Å². The molecule has 1 saturated heterocycles. The van der Waals surface area contributed by atoms with Gasteiger partial charge in [-0.05, 0) is 26.7 Å². The van der Waals surface area contributed by atoms with Crippen LogP contribution < -0.4 is 10.6 Å². The third kappa shape index (κ3) is 1.74. The topological polar surface area (TPSA) is 55.0 Å². The number of rotatable bonds is 1. The summed E-state index contributed by atoms with van der Waals surface area (Å²) in [6.07, 6.45) is 3.80. The van der Waals surface area contributed by atoms with Crippen LogP contribution in [-0.2, 0) is 0 Å². The lowest BCUT2D eigenvalue weighted by Crippen LogP contribution is -2.33. The first-order valence-electron chi connectivity index (χ1n) is 5.15. The number of nitrogens with two attached hydrogens (primary N) is 1. The first-order valence-corrected chi connectivity index (χ1v) is 5.53. The molecule has 0 unspecified atom stereocenters. The molecule has 2 heterocycles. The van der Waals surface area contributed by atoms with Gasteiger partial charge in [-0.15, -0.1) is 0 Å². The van der Waals surface area contributed by atoms with Gasteiger partial charge < -0.3 is 10.6 Å². The highest BCUT2D eigenvalue weighted by Crippen LogP contribution is 2.34. The van der Waals surface area contributed by atoms with Crippen molar-refractivity contribution in [1.29, 1.82) is 0 Å². The van der Waals surface area contributed by atoms with E-state index in [0.29, 0.717) is 22.9 Å². The molecular formula is C10H15ClN4. The Balaban J connectivity index is 2.40. The number of halogens is 1. The maximum Gasteiger partial charge on any atom is 0.153 e. The lowest BCUT2D eigenvalue weighted by molar-refractivity contribution is 0.682. The third-order valence-electron chi connectivity index (χ3n) is 2.99. The third-order valence-corrected chi connectivity index (χ3v) is 3.36. The van der Waals surface area contributed by atoms with Crippen LogP contribution in [0.1, 0.15) is 26.7 Å². The summed E-state index contributed by atoms with van der Waals surface area (Å²) in [5, 5.41) is 0.470. The molecule has 2 N–H and O–H groups in total. The molecule has 0 aromatic carbocycles.